The predicted molar refractivity (Wildman–Crippen MR) is 195 cm³/mol. The van der Waals surface area contributed by atoms with E-state index in [0.717, 1.165) is 74.5 Å². The molecule has 270 valence electrons. The summed E-state index contributed by atoms with van der Waals surface area (Å²) in [5.41, 5.74) is 3.50. The number of aryl methyl sites for hydroxylation is 1. The van der Waals surface area contributed by atoms with E-state index in [1.165, 1.54) is 11.1 Å². The molecule has 1 saturated carbocycles. The third-order valence-corrected chi connectivity index (χ3v) is 13.8. The van der Waals surface area contributed by atoms with Gasteiger partial charge in [0.2, 0.25) is 0 Å². The van der Waals surface area contributed by atoms with Crippen molar-refractivity contribution in [3.63, 3.8) is 0 Å². The molecular formula is C39H49ClN2O7S. The molecule has 1 amide bonds. The number of Topliss-reactive ketones (excluding diaryl/α,β-unsaturated/α-hetero) is 1. The summed E-state index contributed by atoms with van der Waals surface area (Å²) in [4.78, 5) is 29.4. The maximum absolute atomic E-state index is 14.3. The fourth-order valence-corrected chi connectivity index (χ4v) is 10.6. The molecule has 0 radical (unpaired) electrons. The minimum absolute atomic E-state index is 0.0262. The number of carbonyl (C=O) groups excluding carboxylic acids is 2. The average Bonchev–Trinajstić information content (AvgIpc) is 3.25. The molecule has 3 heterocycles. The van der Waals surface area contributed by atoms with Gasteiger partial charge in [0.1, 0.15) is 12.4 Å². The molecule has 50 heavy (non-hydrogen) atoms. The van der Waals surface area contributed by atoms with Gasteiger partial charge in [0.25, 0.3) is 5.91 Å². The Bertz CT molecular complexity index is 1730. The summed E-state index contributed by atoms with van der Waals surface area (Å²) in [6.45, 7) is 3.11. The van der Waals surface area contributed by atoms with Crippen LogP contribution in [0, 0.1) is 11.8 Å². The van der Waals surface area contributed by atoms with E-state index in [1.807, 2.05) is 18.2 Å². The molecule has 2 aliphatic carbocycles. The van der Waals surface area contributed by atoms with Gasteiger partial charge in [-0.3, -0.25) is 9.59 Å². The van der Waals surface area contributed by atoms with Gasteiger partial charge in [-0.2, -0.15) is 4.36 Å². The summed E-state index contributed by atoms with van der Waals surface area (Å²) in [7, 11) is -1.42. The second-order valence-electron chi connectivity index (χ2n) is 14.7. The van der Waals surface area contributed by atoms with Crippen molar-refractivity contribution in [2.75, 3.05) is 63.0 Å². The summed E-state index contributed by atoms with van der Waals surface area (Å²) in [5.74, 6) is 0.439. The van der Waals surface area contributed by atoms with Gasteiger partial charge in [-0.05, 0) is 111 Å². The number of fused-ring (bicyclic) bond motifs is 4. The molecule has 9 nitrogen and oxygen atoms in total. The quantitative estimate of drug-likeness (QED) is 0.308. The molecule has 1 spiro atoms. The number of nitrogens with zero attached hydrogens (tertiary/aromatic N) is 2. The number of halogens is 1. The summed E-state index contributed by atoms with van der Waals surface area (Å²) >= 11 is 6.45. The number of ketones is 1. The van der Waals surface area contributed by atoms with Crippen molar-refractivity contribution in [3.8, 4) is 5.75 Å². The molecule has 5 aliphatic rings. The zero-order valence-electron chi connectivity index (χ0n) is 29.0. The second-order valence-corrected chi connectivity index (χ2v) is 17.6. The van der Waals surface area contributed by atoms with E-state index in [4.69, 9.17) is 30.5 Å². The third kappa shape index (κ3) is 7.84. The molecule has 2 aromatic carbocycles. The lowest BCUT2D eigenvalue weighted by Crippen LogP contribution is -2.49. The van der Waals surface area contributed by atoms with Gasteiger partial charge in [-0.1, -0.05) is 29.8 Å². The van der Waals surface area contributed by atoms with E-state index in [0.29, 0.717) is 50.1 Å². The lowest BCUT2D eigenvalue weighted by atomic mass is 9.68. The minimum atomic E-state index is -3.20. The first-order chi connectivity index (χ1) is 24.2. The molecule has 0 aromatic heterocycles. The van der Waals surface area contributed by atoms with Crippen LogP contribution in [0.25, 0.3) is 0 Å². The first kappa shape index (κ1) is 35.6. The fourth-order valence-electron chi connectivity index (χ4n) is 8.54. The van der Waals surface area contributed by atoms with Crippen LogP contribution in [0.5, 0.6) is 5.75 Å². The number of rotatable bonds is 6. The highest BCUT2D eigenvalue weighted by atomic mass is 35.5. The van der Waals surface area contributed by atoms with Crippen molar-refractivity contribution in [2.24, 2.45) is 16.2 Å². The SMILES string of the molecule is CO[C@H]1/C=C/CCC[S@@](=O)(CC(=O)COC2CCOCC2)=NC(=O)c2ccc3c(c2)N(C[C@@H]2CC[C@H]21)C[C@@]1(CCCc2cc(Cl)ccc21)CO3. The molecule has 0 unspecified atom stereocenters. The Morgan fingerprint density at radius 1 is 1.12 bits per heavy atom. The maximum Gasteiger partial charge on any atom is 0.285 e. The maximum atomic E-state index is 14.3. The molecule has 2 bridgehead atoms. The zero-order valence-corrected chi connectivity index (χ0v) is 30.6. The smallest absolute Gasteiger partial charge is 0.285 e. The fraction of sp³-hybridized carbons (Fsp3) is 0.590. The highest BCUT2D eigenvalue weighted by Gasteiger charge is 2.44. The largest absolute Gasteiger partial charge is 0.490 e. The second kappa shape index (κ2) is 15.5. The number of hydrogen-bond acceptors (Lipinski definition) is 8. The van der Waals surface area contributed by atoms with Gasteiger partial charge in [0.05, 0.1) is 40.0 Å². The summed E-state index contributed by atoms with van der Waals surface area (Å²) in [5, 5.41) is 0.747. The first-order valence-electron chi connectivity index (χ1n) is 18.2. The lowest BCUT2D eigenvalue weighted by molar-refractivity contribution is -0.125. The van der Waals surface area contributed by atoms with E-state index < -0.39 is 15.6 Å². The van der Waals surface area contributed by atoms with Crippen LogP contribution in [-0.4, -0.2) is 86.2 Å². The average molecular weight is 725 g/mol. The summed E-state index contributed by atoms with van der Waals surface area (Å²) in [6, 6.07) is 11.7. The Morgan fingerprint density at radius 3 is 2.78 bits per heavy atom. The molecule has 5 atom stereocenters. The van der Waals surface area contributed by atoms with Crippen LogP contribution in [0.2, 0.25) is 5.02 Å². The van der Waals surface area contributed by atoms with Crippen molar-refractivity contribution < 1.29 is 32.7 Å². The Labute approximate surface area is 301 Å². The molecule has 11 heteroatoms. The number of amides is 1. The number of hydrogen-bond donors (Lipinski definition) is 0. The number of ether oxygens (including phenoxy) is 4. The van der Waals surface area contributed by atoms with E-state index in [-0.39, 0.29) is 41.5 Å². The van der Waals surface area contributed by atoms with Gasteiger partial charge in [0, 0.05) is 55.2 Å². The molecule has 3 aliphatic heterocycles. The Morgan fingerprint density at radius 2 is 1.98 bits per heavy atom. The minimum Gasteiger partial charge on any atom is -0.490 e. The molecular weight excluding hydrogens is 676 g/mol. The highest BCUT2D eigenvalue weighted by Crippen LogP contribution is 2.47. The monoisotopic (exact) mass is 724 g/mol. The van der Waals surface area contributed by atoms with Gasteiger partial charge < -0.3 is 23.8 Å². The molecule has 2 aromatic rings. The van der Waals surface area contributed by atoms with Gasteiger partial charge in [0.15, 0.2) is 5.78 Å². The van der Waals surface area contributed by atoms with Crippen molar-refractivity contribution in [2.45, 2.75) is 75.4 Å². The topological polar surface area (TPSA) is 104 Å². The molecule has 2 fully saturated rings. The van der Waals surface area contributed by atoms with E-state index in [1.54, 1.807) is 13.2 Å². The van der Waals surface area contributed by atoms with Crippen molar-refractivity contribution in [1.82, 2.24) is 0 Å². The van der Waals surface area contributed by atoms with Crippen LogP contribution in [0.1, 0.15) is 72.9 Å². The molecule has 1 saturated heterocycles. The lowest BCUT2D eigenvalue weighted by Gasteiger charge is -2.46. The zero-order chi connectivity index (χ0) is 34.7. The summed E-state index contributed by atoms with van der Waals surface area (Å²) < 4.78 is 42.6. The standard InChI is InChI=1S/C39H49ClN2O7S/c1-46-36-7-3-2-4-19-50(45,24-31(43)23-48-32-14-17-47-18-15-32)41-38(44)28-9-13-37-35(21-28)42(22-29-8-11-33(29)36)25-39(26-49-37)16-5-6-27-20-30(40)10-12-34(27)39/h3,7,9-10,12-13,20-21,29,32-33,36H,2,4-6,8,11,14-19,22-26H2,1H3/b7-3+/t29-,33+,36-,39-,50+/m0/s1. The number of benzene rings is 2. The van der Waals surface area contributed by atoms with Crippen LogP contribution >= 0.6 is 11.6 Å². The Hall–Kier alpha value is -2.76. The molecule has 0 N–H and O–H groups in total. The highest BCUT2D eigenvalue weighted by molar-refractivity contribution is 7.94. The van der Waals surface area contributed by atoms with E-state index >= 15 is 0 Å². The van der Waals surface area contributed by atoms with Crippen LogP contribution < -0.4 is 9.64 Å². The number of allylic oxidation sites excluding steroid dienone is 1. The van der Waals surface area contributed by atoms with E-state index in [9.17, 15) is 13.8 Å². The van der Waals surface area contributed by atoms with Crippen LogP contribution in [0.15, 0.2) is 52.9 Å². The van der Waals surface area contributed by atoms with E-state index in [2.05, 4.69) is 33.5 Å². The van der Waals surface area contributed by atoms with Crippen molar-refractivity contribution >= 4 is 38.7 Å². The summed E-state index contributed by atoms with van der Waals surface area (Å²) in [6.07, 6.45) is 12.0. The molecule has 7 rings (SSSR count). The van der Waals surface area contributed by atoms with Crippen molar-refractivity contribution in [3.05, 3.63) is 70.3 Å². The predicted octanol–water partition coefficient (Wildman–Crippen LogP) is 6.58. The van der Waals surface area contributed by atoms with Gasteiger partial charge in [-0.25, -0.2) is 4.21 Å². The normalized spacial score (nSPS) is 31.0. The number of anilines is 1. The van der Waals surface area contributed by atoms with Crippen LogP contribution in [0.3, 0.4) is 0 Å². The van der Waals surface area contributed by atoms with Crippen LogP contribution in [0.4, 0.5) is 5.69 Å². The third-order valence-electron chi connectivity index (χ3n) is 11.4. The number of carbonyl (C=O) groups is 2. The van der Waals surface area contributed by atoms with Crippen LogP contribution in [-0.2, 0) is 40.6 Å². The van der Waals surface area contributed by atoms with Gasteiger partial charge in [-0.15, -0.1) is 0 Å². The van der Waals surface area contributed by atoms with Gasteiger partial charge >= 0.3 is 0 Å². The first-order valence-corrected chi connectivity index (χ1v) is 20.5. The van der Waals surface area contributed by atoms with Crippen molar-refractivity contribution in [1.29, 1.82) is 0 Å². The Balaban J connectivity index is 1.22. The number of methoxy groups -OCH3 is 1. The Kier molecular flexibility index (Phi) is 11.0.